The van der Waals surface area contributed by atoms with Crippen LogP contribution in [-0.2, 0) is 18.9 Å². The van der Waals surface area contributed by atoms with Gasteiger partial charge >= 0.3 is 0 Å². The predicted octanol–water partition coefficient (Wildman–Crippen LogP) is 0.325. The van der Waals surface area contributed by atoms with Crippen LogP contribution in [0.3, 0.4) is 0 Å². The summed E-state index contributed by atoms with van der Waals surface area (Å²) in [7, 11) is 3.07. The van der Waals surface area contributed by atoms with Crippen molar-refractivity contribution in [2.75, 3.05) is 20.8 Å². The molecular weight excluding hydrogens is 212 g/mol. The number of methoxy groups -OCH3 is 2. The van der Waals surface area contributed by atoms with E-state index in [1.165, 1.54) is 7.11 Å². The van der Waals surface area contributed by atoms with Crippen LogP contribution in [0.15, 0.2) is 12.7 Å². The van der Waals surface area contributed by atoms with Crippen LogP contribution >= 0.6 is 0 Å². The molecule has 0 amide bonds. The number of hydrogen-bond donors (Lipinski definition) is 1. The molecule has 5 unspecified atom stereocenters. The Bertz CT molecular complexity index is 220. The summed E-state index contributed by atoms with van der Waals surface area (Å²) in [6.07, 6.45) is -0.775. The van der Waals surface area contributed by atoms with Gasteiger partial charge < -0.3 is 24.1 Å². The fourth-order valence-electron chi connectivity index (χ4n) is 1.92. The minimum atomic E-state index is -0.992. The van der Waals surface area contributed by atoms with Crippen LogP contribution in [0.2, 0.25) is 0 Å². The maximum atomic E-state index is 9.68. The highest BCUT2D eigenvalue weighted by molar-refractivity contribution is 4.90. The average molecular weight is 232 g/mol. The number of aliphatic hydroxyl groups excluding tert-OH is 1. The normalized spacial score (nSPS) is 39.6. The van der Waals surface area contributed by atoms with Crippen molar-refractivity contribution in [2.24, 2.45) is 0 Å². The van der Waals surface area contributed by atoms with Crippen LogP contribution in [0.1, 0.15) is 6.92 Å². The van der Waals surface area contributed by atoms with Gasteiger partial charge in [-0.2, -0.15) is 0 Å². The van der Waals surface area contributed by atoms with Gasteiger partial charge in [0, 0.05) is 14.2 Å². The summed E-state index contributed by atoms with van der Waals surface area (Å²) < 4.78 is 21.4. The van der Waals surface area contributed by atoms with Crippen LogP contribution < -0.4 is 0 Å². The van der Waals surface area contributed by atoms with E-state index in [-0.39, 0.29) is 18.3 Å². The van der Waals surface area contributed by atoms with E-state index in [4.69, 9.17) is 18.9 Å². The van der Waals surface area contributed by atoms with Crippen molar-refractivity contribution >= 4 is 0 Å². The minimum Gasteiger partial charge on any atom is -0.376 e. The van der Waals surface area contributed by atoms with Crippen LogP contribution in [-0.4, -0.2) is 56.6 Å². The van der Waals surface area contributed by atoms with Crippen molar-refractivity contribution in [2.45, 2.75) is 37.6 Å². The molecule has 5 atom stereocenters. The third kappa shape index (κ3) is 2.81. The molecule has 1 rings (SSSR count). The van der Waals surface area contributed by atoms with Crippen LogP contribution in [0.5, 0.6) is 0 Å². The fourth-order valence-corrected chi connectivity index (χ4v) is 1.92. The smallest absolute Gasteiger partial charge is 0.184 e. The van der Waals surface area contributed by atoms with Crippen molar-refractivity contribution in [3.8, 4) is 0 Å². The second-order valence-electron chi connectivity index (χ2n) is 3.72. The lowest BCUT2D eigenvalue weighted by molar-refractivity contribution is -0.293. The second kappa shape index (κ2) is 6.32. The number of ether oxygens (including phenoxy) is 4. The van der Waals surface area contributed by atoms with Gasteiger partial charge in [-0.1, -0.05) is 6.08 Å². The molecule has 0 aliphatic carbocycles. The number of hydrogen-bond acceptors (Lipinski definition) is 5. The standard InChI is InChI=1S/C11H20O5/c1-5-6-15-8-7(2)16-11(12)10(14-4)9(8)13-3/h5,7-12H,1,6H2,2-4H3. The second-order valence-corrected chi connectivity index (χ2v) is 3.72. The van der Waals surface area contributed by atoms with E-state index >= 15 is 0 Å². The summed E-state index contributed by atoms with van der Waals surface area (Å²) in [5, 5.41) is 9.68. The van der Waals surface area contributed by atoms with Crippen molar-refractivity contribution in [1.82, 2.24) is 0 Å². The van der Waals surface area contributed by atoms with E-state index in [0.717, 1.165) is 0 Å². The Hall–Kier alpha value is -0.460. The topological polar surface area (TPSA) is 57.2 Å². The van der Waals surface area contributed by atoms with Gasteiger partial charge in [0.05, 0.1) is 12.7 Å². The highest BCUT2D eigenvalue weighted by Gasteiger charge is 2.44. The molecule has 0 bridgehead atoms. The first-order valence-electron chi connectivity index (χ1n) is 5.27. The number of aliphatic hydroxyl groups is 1. The zero-order valence-corrected chi connectivity index (χ0v) is 9.96. The third-order valence-electron chi connectivity index (χ3n) is 2.70. The molecule has 16 heavy (non-hydrogen) atoms. The maximum Gasteiger partial charge on any atom is 0.184 e. The molecule has 1 fully saturated rings. The molecule has 5 nitrogen and oxygen atoms in total. The summed E-state index contributed by atoms with van der Waals surface area (Å²) in [4.78, 5) is 0. The Morgan fingerprint density at radius 2 is 1.88 bits per heavy atom. The predicted molar refractivity (Wildman–Crippen MR) is 58.1 cm³/mol. The molecule has 1 aliphatic heterocycles. The van der Waals surface area contributed by atoms with E-state index in [0.29, 0.717) is 6.61 Å². The van der Waals surface area contributed by atoms with Crippen molar-refractivity contribution < 1.29 is 24.1 Å². The van der Waals surface area contributed by atoms with Crippen LogP contribution in [0.25, 0.3) is 0 Å². The van der Waals surface area contributed by atoms with Gasteiger partial charge in [0.15, 0.2) is 6.29 Å². The SMILES string of the molecule is C=CCOC1C(C)OC(O)C(OC)C1OC. The summed E-state index contributed by atoms with van der Waals surface area (Å²) in [6.45, 7) is 5.82. The molecule has 1 aliphatic rings. The largest absolute Gasteiger partial charge is 0.376 e. The van der Waals surface area contributed by atoms with E-state index in [2.05, 4.69) is 6.58 Å². The molecule has 0 aromatic rings. The summed E-state index contributed by atoms with van der Waals surface area (Å²) >= 11 is 0. The molecule has 0 aromatic heterocycles. The van der Waals surface area contributed by atoms with Crippen molar-refractivity contribution in [1.29, 1.82) is 0 Å². The molecule has 1 saturated heterocycles. The minimum absolute atomic E-state index is 0.258. The van der Waals surface area contributed by atoms with E-state index in [1.807, 2.05) is 6.92 Å². The highest BCUT2D eigenvalue weighted by Crippen LogP contribution is 2.25. The molecule has 0 aromatic carbocycles. The van der Waals surface area contributed by atoms with Crippen molar-refractivity contribution in [3.05, 3.63) is 12.7 Å². The lowest BCUT2D eigenvalue weighted by Gasteiger charge is -2.42. The van der Waals surface area contributed by atoms with E-state index in [9.17, 15) is 5.11 Å². The first kappa shape index (κ1) is 13.6. The molecule has 0 radical (unpaired) electrons. The maximum absolute atomic E-state index is 9.68. The zero-order chi connectivity index (χ0) is 12.1. The van der Waals surface area contributed by atoms with Crippen LogP contribution in [0, 0.1) is 0 Å². The van der Waals surface area contributed by atoms with Gasteiger partial charge in [0.25, 0.3) is 0 Å². The first-order valence-corrected chi connectivity index (χ1v) is 5.27. The van der Waals surface area contributed by atoms with Gasteiger partial charge in [-0.05, 0) is 6.92 Å². The Labute approximate surface area is 95.9 Å². The van der Waals surface area contributed by atoms with Gasteiger partial charge in [-0.15, -0.1) is 6.58 Å². The van der Waals surface area contributed by atoms with E-state index in [1.54, 1.807) is 13.2 Å². The Balaban J connectivity index is 2.73. The monoisotopic (exact) mass is 232 g/mol. The molecule has 1 heterocycles. The fraction of sp³-hybridized carbons (Fsp3) is 0.818. The Morgan fingerprint density at radius 1 is 1.25 bits per heavy atom. The van der Waals surface area contributed by atoms with Crippen molar-refractivity contribution in [3.63, 3.8) is 0 Å². The third-order valence-corrected chi connectivity index (χ3v) is 2.70. The lowest BCUT2D eigenvalue weighted by Crippen LogP contribution is -2.58. The quantitative estimate of drug-likeness (QED) is 0.692. The molecular formula is C11H20O5. The van der Waals surface area contributed by atoms with Crippen LogP contribution in [0.4, 0.5) is 0 Å². The molecule has 0 spiro atoms. The number of rotatable bonds is 5. The molecule has 5 heteroatoms. The van der Waals surface area contributed by atoms with Gasteiger partial charge in [0.2, 0.25) is 0 Å². The zero-order valence-electron chi connectivity index (χ0n) is 9.96. The Morgan fingerprint density at radius 3 is 2.38 bits per heavy atom. The summed E-state index contributed by atoms with van der Waals surface area (Å²) in [6, 6.07) is 0. The summed E-state index contributed by atoms with van der Waals surface area (Å²) in [5.74, 6) is 0. The highest BCUT2D eigenvalue weighted by atomic mass is 16.7. The Kier molecular flexibility index (Phi) is 5.37. The molecule has 0 saturated carbocycles. The lowest BCUT2D eigenvalue weighted by atomic mass is 9.99. The van der Waals surface area contributed by atoms with Gasteiger partial charge in [-0.25, -0.2) is 0 Å². The first-order chi connectivity index (χ1) is 7.65. The van der Waals surface area contributed by atoms with Gasteiger partial charge in [0.1, 0.15) is 18.3 Å². The van der Waals surface area contributed by atoms with Gasteiger partial charge in [-0.3, -0.25) is 0 Å². The summed E-state index contributed by atoms with van der Waals surface area (Å²) in [5.41, 5.74) is 0. The average Bonchev–Trinajstić information content (AvgIpc) is 2.27. The van der Waals surface area contributed by atoms with E-state index < -0.39 is 12.4 Å². The molecule has 1 N–H and O–H groups in total. The molecule has 94 valence electrons.